The fourth-order valence-electron chi connectivity index (χ4n) is 0.940. The second-order valence-corrected chi connectivity index (χ2v) is 3.79. The Morgan fingerprint density at radius 1 is 1.47 bits per heavy atom. The van der Waals surface area contributed by atoms with E-state index in [-0.39, 0.29) is 5.56 Å². The molecule has 1 rings (SSSR count). The molecule has 0 unspecified atom stereocenters. The van der Waals surface area contributed by atoms with Crippen molar-refractivity contribution < 1.29 is 22.5 Å². The number of methoxy groups -OCH3 is 1. The molecule has 0 radical (unpaired) electrons. The van der Waals surface area contributed by atoms with Crippen LogP contribution in [0.5, 0.6) is 5.75 Å². The van der Waals surface area contributed by atoms with Gasteiger partial charge in [-0.1, -0.05) is 6.07 Å². The van der Waals surface area contributed by atoms with Gasteiger partial charge in [-0.3, -0.25) is 9.35 Å². The van der Waals surface area contributed by atoms with Gasteiger partial charge < -0.3 is 4.74 Å². The number of amides is 1. The highest BCUT2D eigenvalue weighted by atomic mass is 32.2. The van der Waals surface area contributed by atoms with E-state index in [0.29, 0.717) is 5.75 Å². The molecule has 7 heteroatoms. The third-order valence-corrected chi connectivity index (χ3v) is 2.00. The third kappa shape index (κ3) is 3.56. The number of nitrogens with one attached hydrogen (secondary N) is 1. The minimum atomic E-state index is -4.53. The minimum absolute atomic E-state index is 0.0759. The number of rotatable bonds is 3. The Bertz CT molecular complexity index is 468. The summed E-state index contributed by atoms with van der Waals surface area (Å²) in [6, 6.07) is 5.87. The van der Waals surface area contributed by atoms with Gasteiger partial charge in [0.2, 0.25) is 0 Å². The molecule has 82 valence electrons. The lowest BCUT2D eigenvalue weighted by Gasteiger charge is -2.03. The summed E-state index contributed by atoms with van der Waals surface area (Å²) in [5, 5.41) is 0. The molecule has 0 saturated carbocycles. The van der Waals surface area contributed by atoms with Crippen molar-refractivity contribution in [3.05, 3.63) is 29.8 Å². The van der Waals surface area contributed by atoms with Crippen LogP contribution in [0.25, 0.3) is 0 Å². The Morgan fingerprint density at radius 2 is 2.13 bits per heavy atom. The largest absolute Gasteiger partial charge is 0.497 e. The fourth-order valence-corrected chi connectivity index (χ4v) is 1.29. The standard InChI is InChI=1S/C8H9NO5S/c1-14-7-4-2-3-6(5-7)8(10)9-15(11,12)13/h2-5H,1H3,(H,9,10)(H,11,12,13). The first-order valence-corrected chi connectivity index (χ1v) is 5.30. The summed E-state index contributed by atoms with van der Waals surface area (Å²) < 4.78 is 35.4. The van der Waals surface area contributed by atoms with E-state index in [1.54, 1.807) is 6.07 Å². The average molecular weight is 231 g/mol. The molecule has 15 heavy (non-hydrogen) atoms. The Morgan fingerprint density at radius 3 is 2.67 bits per heavy atom. The first-order valence-electron chi connectivity index (χ1n) is 3.86. The summed E-state index contributed by atoms with van der Waals surface area (Å²) in [5.74, 6) is -0.505. The molecule has 0 heterocycles. The number of ether oxygens (including phenoxy) is 1. The zero-order chi connectivity index (χ0) is 11.5. The maximum atomic E-state index is 11.2. The fraction of sp³-hybridized carbons (Fsp3) is 0.125. The van der Waals surface area contributed by atoms with Crippen LogP contribution >= 0.6 is 0 Å². The van der Waals surface area contributed by atoms with Gasteiger partial charge >= 0.3 is 10.3 Å². The maximum absolute atomic E-state index is 11.2. The van der Waals surface area contributed by atoms with E-state index < -0.39 is 16.2 Å². The van der Waals surface area contributed by atoms with Gasteiger partial charge in [0.1, 0.15) is 5.75 Å². The number of hydrogen-bond acceptors (Lipinski definition) is 4. The van der Waals surface area contributed by atoms with Gasteiger partial charge in [-0.15, -0.1) is 0 Å². The second-order valence-electron chi connectivity index (χ2n) is 2.64. The van der Waals surface area contributed by atoms with Gasteiger partial charge in [-0.25, -0.2) is 4.72 Å². The molecule has 0 fully saturated rings. The van der Waals surface area contributed by atoms with Gasteiger partial charge in [-0.05, 0) is 18.2 Å². The summed E-state index contributed by atoms with van der Waals surface area (Å²) in [6.07, 6.45) is 0. The Kier molecular flexibility index (Phi) is 3.28. The zero-order valence-corrected chi connectivity index (χ0v) is 8.61. The third-order valence-electron chi connectivity index (χ3n) is 1.55. The Balaban J connectivity index is 2.92. The van der Waals surface area contributed by atoms with Crippen molar-refractivity contribution in [2.75, 3.05) is 7.11 Å². The molecule has 0 aliphatic rings. The number of carbonyl (C=O) groups is 1. The van der Waals surface area contributed by atoms with Gasteiger partial charge in [0.15, 0.2) is 0 Å². The monoisotopic (exact) mass is 231 g/mol. The summed E-state index contributed by atoms with van der Waals surface area (Å²) in [7, 11) is -3.11. The van der Waals surface area contributed by atoms with Crippen molar-refractivity contribution in [1.29, 1.82) is 0 Å². The smallest absolute Gasteiger partial charge is 0.359 e. The molecule has 1 aromatic rings. The molecule has 1 amide bonds. The van der Waals surface area contributed by atoms with Crippen LogP contribution in [0.15, 0.2) is 24.3 Å². The van der Waals surface area contributed by atoms with E-state index in [1.807, 2.05) is 0 Å². The lowest BCUT2D eigenvalue weighted by atomic mass is 10.2. The van der Waals surface area contributed by atoms with Crippen molar-refractivity contribution in [3.8, 4) is 5.75 Å². The molecule has 0 saturated heterocycles. The second kappa shape index (κ2) is 4.28. The predicted octanol–water partition coefficient (Wildman–Crippen LogP) is 0.228. The molecule has 0 aliphatic heterocycles. The van der Waals surface area contributed by atoms with E-state index in [0.717, 1.165) is 0 Å². The number of hydrogen-bond donors (Lipinski definition) is 2. The zero-order valence-electron chi connectivity index (χ0n) is 7.80. The topological polar surface area (TPSA) is 92.7 Å². The SMILES string of the molecule is COc1cccc(C(=O)NS(=O)(=O)O)c1. The van der Waals surface area contributed by atoms with Crippen LogP contribution < -0.4 is 9.46 Å². The van der Waals surface area contributed by atoms with E-state index >= 15 is 0 Å². The Labute approximate surface area is 86.8 Å². The molecule has 6 nitrogen and oxygen atoms in total. The van der Waals surface area contributed by atoms with Gasteiger partial charge in [0.05, 0.1) is 7.11 Å². The van der Waals surface area contributed by atoms with Crippen molar-refractivity contribution in [2.45, 2.75) is 0 Å². The first kappa shape index (κ1) is 11.5. The summed E-state index contributed by atoms with van der Waals surface area (Å²) >= 11 is 0. The molecule has 0 aliphatic carbocycles. The lowest BCUT2D eigenvalue weighted by Crippen LogP contribution is -2.29. The molecular formula is C8H9NO5S. The van der Waals surface area contributed by atoms with E-state index in [9.17, 15) is 13.2 Å². The first-order chi connectivity index (χ1) is 6.92. The number of benzene rings is 1. The van der Waals surface area contributed by atoms with Gasteiger partial charge in [0.25, 0.3) is 5.91 Å². The average Bonchev–Trinajstić information content (AvgIpc) is 2.15. The quantitative estimate of drug-likeness (QED) is 0.726. The van der Waals surface area contributed by atoms with Crippen LogP contribution in [0.3, 0.4) is 0 Å². The molecule has 2 N–H and O–H groups in total. The Hall–Kier alpha value is -1.60. The highest BCUT2D eigenvalue weighted by Gasteiger charge is 2.12. The van der Waals surface area contributed by atoms with Crippen molar-refractivity contribution in [1.82, 2.24) is 4.72 Å². The van der Waals surface area contributed by atoms with Crippen molar-refractivity contribution in [3.63, 3.8) is 0 Å². The van der Waals surface area contributed by atoms with Crippen LogP contribution in [0.1, 0.15) is 10.4 Å². The molecule has 1 aromatic carbocycles. The van der Waals surface area contributed by atoms with Crippen LogP contribution in [0, 0.1) is 0 Å². The summed E-state index contributed by atoms with van der Waals surface area (Å²) in [5.41, 5.74) is 0.0759. The molecular weight excluding hydrogens is 222 g/mol. The summed E-state index contributed by atoms with van der Waals surface area (Å²) in [6.45, 7) is 0. The van der Waals surface area contributed by atoms with Crippen LogP contribution in [0.4, 0.5) is 0 Å². The van der Waals surface area contributed by atoms with E-state index in [2.05, 4.69) is 0 Å². The highest BCUT2D eigenvalue weighted by molar-refractivity contribution is 7.84. The molecule has 0 aromatic heterocycles. The number of carbonyl (C=O) groups excluding carboxylic acids is 1. The van der Waals surface area contributed by atoms with Crippen molar-refractivity contribution >= 4 is 16.2 Å². The van der Waals surface area contributed by atoms with Gasteiger partial charge in [-0.2, -0.15) is 8.42 Å². The van der Waals surface area contributed by atoms with Crippen molar-refractivity contribution in [2.24, 2.45) is 0 Å². The lowest BCUT2D eigenvalue weighted by molar-refractivity contribution is 0.0978. The normalized spacial score (nSPS) is 10.8. The molecule has 0 bridgehead atoms. The predicted molar refractivity (Wildman–Crippen MR) is 52.0 cm³/mol. The van der Waals surface area contributed by atoms with E-state index in [1.165, 1.54) is 30.0 Å². The van der Waals surface area contributed by atoms with Crippen LogP contribution in [0.2, 0.25) is 0 Å². The minimum Gasteiger partial charge on any atom is -0.497 e. The van der Waals surface area contributed by atoms with E-state index in [4.69, 9.17) is 9.29 Å². The van der Waals surface area contributed by atoms with Crippen LogP contribution in [-0.4, -0.2) is 26.0 Å². The summed E-state index contributed by atoms with van der Waals surface area (Å²) in [4.78, 5) is 11.2. The molecule has 0 atom stereocenters. The van der Waals surface area contributed by atoms with Gasteiger partial charge in [0, 0.05) is 5.56 Å². The highest BCUT2D eigenvalue weighted by Crippen LogP contribution is 2.12. The van der Waals surface area contributed by atoms with Crippen LogP contribution in [-0.2, 0) is 10.3 Å². The maximum Gasteiger partial charge on any atom is 0.359 e. The molecule has 0 spiro atoms.